The van der Waals surface area contributed by atoms with Gasteiger partial charge in [-0.25, -0.2) is 9.59 Å². The zero-order valence-corrected chi connectivity index (χ0v) is 15.3. The second-order valence-electron chi connectivity index (χ2n) is 6.53. The lowest BCUT2D eigenvalue weighted by atomic mass is 9.97. The smallest absolute Gasteiger partial charge is 0.426 e. The van der Waals surface area contributed by atoms with Crippen LogP contribution in [0.2, 0.25) is 0 Å². The molecule has 162 valence electrons. The Hall–Kier alpha value is -2.66. The zero-order valence-electron chi connectivity index (χ0n) is 15.3. The predicted octanol–water partition coefficient (Wildman–Crippen LogP) is 3.78. The average molecular weight is 427 g/mol. The van der Waals surface area contributed by atoms with E-state index in [0.717, 1.165) is 4.90 Å². The Balaban J connectivity index is 1.72. The summed E-state index contributed by atoms with van der Waals surface area (Å²) in [6.07, 6.45) is -16.9. The number of nitrogens with zero attached hydrogens (tertiary/aromatic N) is 2. The van der Waals surface area contributed by atoms with Crippen molar-refractivity contribution < 1.29 is 40.7 Å². The first-order valence-electron chi connectivity index (χ1n) is 8.55. The molecule has 0 aliphatic carbocycles. The Morgan fingerprint density at radius 1 is 1.14 bits per heavy atom. The van der Waals surface area contributed by atoms with Crippen molar-refractivity contribution in [2.24, 2.45) is 5.92 Å². The van der Waals surface area contributed by atoms with Crippen molar-refractivity contribution in [1.29, 1.82) is 0 Å². The normalized spacial score (nSPS) is 15.1. The lowest BCUT2D eigenvalue weighted by Crippen LogP contribution is -2.54. The fourth-order valence-electron chi connectivity index (χ4n) is 2.67. The molecule has 0 radical (unpaired) electrons. The summed E-state index contributed by atoms with van der Waals surface area (Å²) < 4.78 is 78.1. The summed E-state index contributed by atoms with van der Waals surface area (Å²) >= 11 is 0. The standard InChI is InChI=1S/C17H19F6N3O3/c1-25(12-5-3-2-4-6-12)14(27)24-8-7-11-9-26(10-11)15(28)29-13(16(18,19)20)17(21,22)23/h2-6,11,13H,7-10H2,1H3,(H,24,27). The molecule has 0 atom stereocenters. The number of urea groups is 1. The van der Waals surface area contributed by atoms with Crippen molar-refractivity contribution in [2.75, 3.05) is 31.6 Å². The quantitative estimate of drug-likeness (QED) is 0.728. The largest absolute Gasteiger partial charge is 0.434 e. The molecule has 12 heteroatoms. The number of hydrogen-bond donors (Lipinski definition) is 1. The molecule has 1 aliphatic heterocycles. The molecule has 1 fully saturated rings. The molecule has 29 heavy (non-hydrogen) atoms. The molecule has 1 N–H and O–H groups in total. The molecule has 0 unspecified atom stereocenters. The average Bonchev–Trinajstić information content (AvgIpc) is 2.59. The summed E-state index contributed by atoms with van der Waals surface area (Å²) in [5, 5.41) is 2.65. The maximum absolute atomic E-state index is 12.4. The molecule has 0 bridgehead atoms. The van der Waals surface area contributed by atoms with Crippen molar-refractivity contribution >= 4 is 17.8 Å². The van der Waals surface area contributed by atoms with Gasteiger partial charge in [-0.1, -0.05) is 18.2 Å². The molecular formula is C17H19F6N3O3. The van der Waals surface area contributed by atoms with Crippen LogP contribution in [0.3, 0.4) is 0 Å². The first-order valence-corrected chi connectivity index (χ1v) is 8.55. The number of halogens is 6. The van der Waals surface area contributed by atoms with Gasteiger partial charge in [0.25, 0.3) is 6.10 Å². The van der Waals surface area contributed by atoms with Crippen LogP contribution in [-0.2, 0) is 4.74 Å². The summed E-state index contributed by atoms with van der Waals surface area (Å²) in [7, 11) is 1.57. The molecule has 1 aromatic carbocycles. The first kappa shape index (κ1) is 22.6. The maximum atomic E-state index is 12.4. The molecular weight excluding hydrogens is 408 g/mol. The Morgan fingerprint density at radius 2 is 1.69 bits per heavy atom. The van der Waals surface area contributed by atoms with E-state index >= 15 is 0 Å². The lowest BCUT2D eigenvalue weighted by molar-refractivity contribution is -0.309. The summed E-state index contributed by atoms with van der Waals surface area (Å²) in [6, 6.07) is 8.44. The molecule has 2 rings (SSSR count). The van der Waals surface area contributed by atoms with Gasteiger partial charge >= 0.3 is 24.5 Å². The highest BCUT2D eigenvalue weighted by Crippen LogP contribution is 2.36. The zero-order chi connectivity index (χ0) is 21.8. The van der Waals surface area contributed by atoms with Crippen LogP contribution >= 0.6 is 0 Å². The van der Waals surface area contributed by atoms with Crippen molar-refractivity contribution in [2.45, 2.75) is 24.9 Å². The van der Waals surface area contributed by atoms with Crippen molar-refractivity contribution in [3.05, 3.63) is 30.3 Å². The minimum Gasteiger partial charge on any atom is -0.426 e. The molecule has 0 spiro atoms. The van der Waals surface area contributed by atoms with Gasteiger partial charge in [-0.15, -0.1) is 0 Å². The summed E-state index contributed by atoms with van der Waals surface area (Å²) in [5.41, 5.74) is 0.673. The SMILES string of the molecule is CN(C(=O)NCCC1CN(C(=O)OC(C(F)(F)F)C(F)(F)F)C1)c1ccccc1. The van der Waals surface area contributed by atoms with Gasteiger partial charge in [0, 0.05) is 32.4 Å². The number of carbonyl (C=O) groups excluding carboxylic acids is 2. The van der Waals surface area contributed by atoms with Crippen LogP contribution in [0.4, 0.5) is 41.6 Å². The highest BCUT2D eigenvalue weighted by molar-refractivity contribution is 5.91. The van der Waals surface area contributed by atoms with Crippen molar-refractivity contribution in [1.82, 2.24) is 10.2 Å². The minimum atomic E-state index is -5.74. The van der Waals surface area contributed by atoms with Crippen LogP contribution in [0.5, 0.6) is 0 Å². The Labute approximate surface area is 162 Å². The highest BCUT2D eigenvalue weighted by Gasteiger charge is 2.60. The van der Waals surface area contributed by atoms with Gasteiger partial charge < -0.3 is 15.0 Å². The molecule has 1 heterocycles. The van der Waals surface area contributed by atoms with Crippen LogP contribution < -0.4 is 10.2 Å². The molecule has 1 aliphatic rings. The van der Waals surface area contributed by atoms with Crippen LogP contribution in [0.25, 0.3) is 0 Å². The van der Waals surface area contributed by atoms with Crippen molar-refractivity contribution in [3.8, 4) is 0 Å². The monoisotopic (exact) mass is 427 g/mol. The summed E-state index contributed by atoms with van der Waals surface area (Å²) in [6.45, 7) is 0.134. The van der Waals surface area contributed by atoms with Gasteiger partial charge in [0.1, 0.15) is 0 Å². The van der Waals surface area contributed by atoms with Gasteiger partial charge in [-0.05, 0) is 24.5 Å². The number of rotatable bonds is 5. The van der Waals surface area contributed by atoms with E-state index < -0.39 is 24.5 Å². The highest BCUT2D eigenvalue weighted by atomic mass is 19.4. The van der Waals surface area contributed by atoms with Crippen LogP contribution in [-0.4, -0.2) is 62.2 Å². The molecule has 1 aromatic rings. The summed E-state index contributed by atoms with van der Waals surface area (Å²) in [5.74, 6) is -0.167. The van der Waals surface area contributed by atoms with Crippen LogP contribution in [0.1, 0.15) is 6.42 Å². The fraction of sp³-hybridized carbons (Fsp3) is 0.529. The Bertz CT molecular complexity index is 691. The van der Waals surface area contributed by atoms with E-state index in [0.29, 0.717) is 12.1 Å². The third kappa shape index (κ3) is 6.16. The third-order valence-corrected chi connectivity index (χ3v) is 4.31. The second kappa shape index (κ2) is 8.78. The Kier molecular flexibility index (Phi) is 6.85. The van der Waals surface area contributed by atoms with E-state index in [2.05, 4.69) is 10.1 Å². The number of hydrogen-bond acceptors (Lipinski definition) is 3. The number of nitrogens with one attached hydrogen (secondary N) is 1. The van der Waals surface area contributed by atoms with E-state index in [1.807, 2.05) is 0 Å². The number of para-hydroxylation sites is 1. The van der Waals surface area contributed by atoms with Gasteiger partial charge in [-0.2, -0.15) is 26.3 Å². The van der Waals surface area contributed by atoms with Gasteiger partial charge in [0.2, 0.25) is 0 Å². The van der Waals surface area contributed by atoms with Crippen molar-refractivity contribution in [3.63, 3.8) is 0 Å². The molecule has 0 aromatic heterocycles. The topological polar surface area (TPSA) is 61.9 Å². The molecule has 3 amide bonds. The number of anilines is 1. The fourth-order valence-corrected chi connectivity index (χ4v) is 2.67. The van der Waals surface area contributed by atoms with E-state index in [1.165, 1.54) is 4.90 Å². The number of amides is 3. The van der Waals surface area contributed by atoms with E-state index in [4.69, 9.17) is 0 Å². The molecule has 0 saturated carbocycles. The van der Waals surface area contributed by atoms with Gasteiger partial charge in [0.15, 0.2) is 0 Å². The lowest BCUT2D eigenvalue weighted by Gasteiger charge is -2.39. The van der Waals surface area contributed by atoms with Gasteiger partial charge in [-0.3, -0.25) is 4.90 Å². The minimum absolute atomic E-state index is 0.0499. The molecule has 6 nitrogen and oxygen atoms in total. The van der Waals surface area contributed by atoms with E-state index in [-0.39, 0.29) is 31.6 Å². The van der Waals surface area contributed by atoms with Crippen LogP contribution in [0, 0.1) is 5.92 Å². The predicted molar refractivity (Wildman–Crippen MR) is 90.3 cm³/mol. The summed E-state index contributed by atoms with van der Waals surface area (Å²) in [4.78, 5) is 25.7. The van der Waals surface area contributed by atoms with Gasteiger partial charge in [0.05, 0.1) is 0 Å². The van der Waals surface area contributed by atoms with E-state index in [9.17, 15) is 35.9 Å². The maximum Gasteiger partial charge on any atom is 0.434 e. The second-order valence-corrected chi connectivity index (χ2v) is 6.53. The van der Waals surface area contributed by atoms with E-state index in [1.54, 1.807) is 37.4 Å². The number of likely N-dealkylation sites (tertiary alicyclic amines) is 1. The third-order valence-electron chi connectivity index (χ3n) is 4.31. The number of ether oxygens (including phenoxy) is 1. The Morgan fingerprint density at radius 3 is 2.21 bits per heavy atom. The first-order chi connectivity index (χ1) is 13.4. The van der Waals surface area contributed by atoms with Crippen LogP contribution in [0.15, 0.2) is 30.3 Å². The number of benzene rings is 1. The number of alkyl halides is 6. The molecule has 1 saturated heterocycles. The number of carbonyl (C=O) groups is 2.